The molecule has 2 rings (SSSR count). The Kier molecular flexibility index (Phi) is 3.99. The average Bonchev–Trinajstić information content (AvgIpc) is 2.39. The number of hydrogen-bond acceptors (Lipinski definition) is 3. The Morgan fingerprint density at radius 1 is 1.35 bits per heavy atom. The number of anilines is 1. The molecule has 4 nitrogen and oxygen atoms in total. The summed E-state index contributed by atoms with van der Waals surface area (Å²) in [6.45, 7) is 5.57. The van der Waals surface area contributed by atoms with Gasteiger partial charge in [-0.2, -0.15) is 0 Å². The van der Waals surface area contributed by atoms with Crippen molar-refractivity contribution in [2.75, 3.05) is 32.1 Å². The van der Waals surface area contributed by atoms with Gasteiger partial charge in [-0.1, -0.05) is 6.07 Å². The molecule has 0 aliphatic carbocycles. The SMILES string of the molecule is CNCc1c(F)cccc1N1CCN(C)C(=O)C1(C)C. The van der Waals surface area contributed by atoms with Crippen LogP contribution in [0.25, 0.3) is 0 Å². The number of likely N-dealkylation sites (N-methyl/N-ethyl adjacent to an activating group) is 1. The second kappa shape index (κ2) is 5.40. The fraction of sp³-hybridized carbons (Fsp3) is 0.533. The van der Waals surface area contributed by atoms with Crippen LogP contribution in [0.3, 0.4) is 0 Å². The first-order valence-corrected chi connectivity index (χ1v) is 6.84. The van der Waals surface area contributed by atoms with E-state index in [4.69, 9.17) is 0 Å². The number of halogens is 1. The summed E-state index contributed by atoms with van der Waals surface area (Å²) >= 11 is 0. The van der Waals surface area contributed by atoms with Gasteiger partial charge in [-0.3, -0.25) is 4.79 Å². The van der Waals surface area contributed by atoms with Crippen LogP contribution < -0.4 is 10.2 Å². The Morgan fingerprint density at radius 2 is 2.05 bits per heavy atom. The predicted octanol–water partition coefficient (Wildman–Crippen LogP) is 1.60. The lowest BCUT2D eigenvalue weighted by atomic mass is 9.95. The minimum absolute atomic E-state index is 0.0587. The lowest BCUT2D eigenvalue weighted by molar-refractivity contribution is -0.136. The number of benzene rings is 1. The van der Waals surface area contributed by atoms with E-state index in [9.17, 15) is 9.18 Å². The van der Waals surface area contributed by atoms with Gasteiger partial charge in [-0.15, -0.1) is 0 Å². The van der Waals surface area contributed by atoms with Crippen molar-refractivity contribution in [1.82, 2.24) is 10.2 Å². The Morgan fingerprint density at radius 3 is 2.70 bits per heavy atom. The highest BCUT2D eigenvalue weighted by Gasteiger charge is 2.41. The van der Waals surface area contributed by atoms with Crippen LogP contribution in [0.15, 0.2) is 18.2 Å². The third-order valence-corrected chi connectivity index (χ3v) is 3.94. The summed E-state index contributed by atoms with van der Waals surface area (Å²) in [4.78, 5) is 16.1. The first kappa shape index (κ1) is 14.8. The van der Waals surface area contributed by atoms with Crippen LogP contribution in [0, 0.1) is 5.82 Å². The van der Waals surface area contributed by atoms with Gasteiger partial charge in [0.25, 0.3) is 0 Å². The van der Waals surface area contributed by atoms with Crippen LogP contribution in [0.1, 0.15) is 19.4 Å². The number of carbonyl (C=O) groups is 1. The molecule has 1 aromatic carbocycles. The Bertz CT molecular complexity index is 516. The van der Waals surface area contributed by atoms with E-state index >= 15 is 0 Å². The highest BCUT2D eigenvalue weighted by molar-refractivity contribution is 5.90. The molecule has 1 aromatic rings. The number of rotatable bonds is 3. The molecule has 0 bridgehead atoms. The van der Waals surface area contributed by atoms with Gasteiger partial charge in [-0.25, -0.2) is 4.39 Å². The maximum atomic E-state index is 14.1. The van der Waals surface area contributed by atoms with Crippen LogP contribution in [-0.4, -0.2) is 43.5 Å². The maximum Gasteiger partial charge on any atom is 0.247 e. The lowest BCUT2D eigenvalue weighted by Crippen LogP contribution is -2.62. The molecule has 110 valence electrons. The van der Waals surface area contributed by atoms with E-state index in [1.54, 1.807) is 18.0 Å². The molecule has 20 heavy (non-hydrogen) atoms. The van der Waals surface area contributed by atoms with Gasteiger partial charge in [0.2, 0.25) is 5.91 Å². The van der Waals surface area contributed by atoms with E-state index in [0.717, 1.165) is 5.69 Å². The first-order valence-electron chi connectivity index (χ1n) is 6.84. The molecule has 0 saturated carbocycles. The number of nitrogens with one attached hydrogen (secondary N) is 1. The summed E-state index contributed by atoms with van der Waals surface area (Å²) in [5.74, 6) is -0.178. The second-order valence-electron chi connectivity index (χ2n) is 5.71. The normalized spacial score (nSPS) is 18.6. The molecule has 5 heteroatoms. The zero-order chi connectivity index (χ0) is 14.9. The van der Waals surface area contributed by atoms with E-state index in [-0.39, 0.29) is 11.7 Å². The quantitative estimate of drug-likeness (QED) is 0.913. The lowest BCUT2D eigenvalue weighted by Gasteiger charge is -2.46. The molecule has 1 aliphatic rings. The largest absolute Gasteiger partial charge is 0.355 e. The minimum Gasteiger partial charge on any atom is -0.355 e. The summed E-state index contributed by atoms with van der Waals surface area (Å²) in [6.07, 6.45) is 0. The van der Waals surface area contributed by atoms with Crippen molar-refractivity contribution < 1.29 is 9.18 Å². The number of amides is 1. The standard InChI is InChI=1S/C15H22FN3O/c1-15(2)14(20)18(4)8-9-19(15)13-7-5-6-12(16)11(13)10-17-3/h5-7,17H,8-10H2,1-4H3. The third-order valence-electron chi connectivity index (χ3n) is 3.94. The third kappa shape index (κ3) is 2.38. The average molecular weight is 279 g/mol. The van der Waals surface area contributed by atoms with E-state index in [0.29, 0.717) is 25.2 Å². The van der Waals surface area contributed by atoms with Gasteiger partial charge < -0.3 is 15.1 Å². The van der Waals surface area contributed by atoms with Crippen molar-refractivity contribution in [3.05, 3.63) is 29.6 Å². The van der Waals surface area contributed by atoms with Gasteiger partial charge in [0, 0.05) is 37.9 Å². The molecule has 1 heterocycles. The van der Waals surface area contributed by atoms with Crippen LogP contribution in [0.5, 0.6) is 0 Å². The van der Waals surface area contributed by atoms with Crippen molar-refractivity contribution in [1.29, 1.82) is 0 Å². The van der Waals surface area contributed by atoms with Gasteiger partial charge in [0.15, 0.2) is 0 Å². The van der Waals surface area contributed by atoms with Crippen molar-refractivity contribution in [2.45, 2.75) is 25.9 Å². The van der Waals surface area contributed by atoms with Crippen molar-refractivity contribution >= 4 is 11.6 Å². The fourth-order valence-corrected chi connectivity index (χ4v) is 2.79. The summed E-state index contributed by atoms with van der Waals surface area (Å²) < 4.78 is 14.1. The maximum absolute atomic E-state index is 14.1. The molecule has 0 atom stereocenters. The van der Waals surface area contributed by atoms with Gasteiger partial charge in [0.1, 0.15) is 11.4 Å². The van der Waals surface area contributed by atoms with Crippen LogP contribution in [0.4, 0.5) is 10.1 Å². The molecule has 0 unspecified atom stereocenters. The zero-order valence-electron chi connectivity index (χ0n) is 12.5. The molecular weight excluding hydrogens is 257 g/mol. The molecule has 1 saturated heterocycles. The summed E-state index contributed by atoms with van der Waals surface area (Å²) in [5.41, 5.74) is 0.745. The fourth-order valence-electron chi connectivity index (χ4n) is 2.79. The molecule has 0 spiro atoms. The number of hydrogen-bond donors (Lipinski definition) is 1. The Labute approximate surface area is 119 Å². The van der Waals surface area contributed by atoms with E-state index in [1.807, 2.05) is 31.9 Å². The number of piperazine rings is 1. The highest BCUT2D eigenvalue weighted by Crippen LogP contribution is 2.32. The Balaban J connectivity index is 2.46. The van der Waals surface area contributed by atoms with E-state index in [2.05, 4.69) is 5.32 Å². The number of carbonyl (C=O) groups excluding carboxylic acids is 1. The highest BCUT2D eigenvalue weighted by atomic mass is 19.1. The first-order chi connectivity index (χ1) is 9.39. The number of nitrogens with zero attached hydrogens (tertiary/aromatic N) is 2. The minimum atomic E-state index is -0.663. The van der Waals surface area contributed by atoms with Crippen LogP contribution in [-0.2, 0) is 11.3 Å². The summed E-state index contributed by atoms with van der Waals surface area (Å²) in [7, 11) is 3.60. The van der Waals surface area contributed by atoms with Crippen LogP contribution >= 0.6 is 0 Å². The van der Waals surface area contributed by atoms with E-state index in [1.165, 1.54) is 6.07 Å². The summed E-state index contributed by atoms with van der Waals surface area (Å²) in [5, 5.41) is 2.99. The summed E-state index contributed by atoms with van der Waals surface area (Å²) in [6, 6.07) is 5.04. The van der Waals surface area contributed by atoms with Gasteiger partial charge >= 0.3 is 0 Å². The monoisotopic (exact) mass is 279 g/mol. The zero-order valence-corrected chi connectivity index (χ0v) is 12.5. The van der Waals surface area contributed by atoms with Gasteiger partial charge in [0.05, 0.1) is 0 Å². The molecular formula is C15H22FN3O. The topological polar surface area (TPSA) is 35.6 Å². The molecule has 1 N–H and O–H groups in total. The second-order valence-corrected chi connectivity index (χ2v) is 5.71. The smallest absolute Gasteiger partial charge is 0.247 e. The van der Waals surface area contributed by atoms with Gasteiger partial charge in [-0.05, 0) is 33.0 Å². The van der Waals surface area contributed by atoms with Crippen molar-refractivity contribution in [3.8, 4) is 0 Å². The van der Waals surface area contributed by atoms with Crippen molar-refractivity contribution in [3.63, 3.8) is 0 Å². The molecule has 1 amide bonds. The molecule has 1 fully saturated rings. The van der Waals surface area contributed by atoms with Crippen molar-refractivity contribution in [2.24, 2.45) is 0 Å². The molecule has 0 radical (unpaired) electrons. The molecule has 1 aliphatic heterocycles. The van der Waals surface area contributed by atoms with E-state index < -0.39 is 5.54 Å². The van der Waals surface area contributed by atoms with Crippen LogP contribution in [0.2, 0.25) is 0 Å². The molecule has 0 aromatic heterocycles. The predicted molar refractivity (Wildman–Crippen MR) is 78.2 cm³/mol. The Hall–Kier alpha value is -1.62.